The highest BCUT2D eigenvalue weighted by Gasteiger charge is 2.35. The third-order valence-corrected chi connectivity index (χ3v) is 6.51. The number of aryl methyl sites for hydroxylation is 1. The summed E-state index contributed by atoms with van der Waals surface area (Å²) >= 11 is 17.8. The van der Waals surface area contributed by atoms with Crippen LogP contribution in [0.2, 0.25) is 10.0 Å². The van der Waals surface area contributed by atoms with E-state index in [1.54, 1.807) is 12.1 Å². The van der Waals surface area contributed by atoms with E-state index in [1.165, 1.54) is 30.3 Å². The van der Waals surface area contributed by atoms with Gasteiger partial charge in [0.05, 0.1) is 27.0 Å². The molecule has 2 heterocycles. The van der Waals surface area contributed by atoms with Gasteiger partial charge in [-0.15, -0.1) is 0 Å². The molecule has 2 N–H and O–H groups in total. The minimum Gasteiger partial charge on any atom is -0.478 e. The van der Waals surface area contributed by atoms with Crippen LogP contribution in [0, 0.1) is 13.8 Å². The third-order valence-electron chi connectivity index (χ3n) is 5.42. The van der Waals surface area contributed by atoms with Crippen molar-refractivity contribution in [1.82, 2.24) is 9.88 Å². The van der Waals surface area contributed by atoms with Crippen LogP contribution in [0.15, 0.2) is 54.1 Å². The molecule has 0 radical (unpaired) electrons. The first kappa shape index (κ1) is 23.7. The number of hydrogen-bond acceptors (Lipinski definition) is 4. The number of carbonyl (C=O) groups is 3. The van der Waals surface area contributed by atoms with E-state index in [-0.39, 0.29) is 16.2 Å². The van der Waals surface area contributed by atoms with Crippen LogP contribution < -0.4 is 10.2 Å². The number of halogens is 2. The maximum atomic E-state index is 13.3. The number of thiocarbonyl (C=S) groups is 1. The van der Waals surface area contributed by atoms with Crippen LogP contribution in [0.1, 0.15) is 27.3 Å². The first-order chi connectivity index (χ1) is 16.1. The number of carbonyl (C=O) groups excluding carboxylic acids is 2. The molecule has 1 aliphatic heterocycles. The average Bonchev–Trinajstić information content (AvgIpc) is 3.06. The Morgan fingerprint density at radius 3 is 2.41 bits per heavy atom. The number of anilines is 1. The molecule has 0 aliphatic carbocycles. The normalized spacial score (nSPS) is 15.1. The average molecular weight is 514 g/mol. The number of aromatic nitrogens is 1. The van der Waals surface area contributed by atoms with Gasteiger partial charge in [0.1, 0.15) is 5.57 Å². The maximum absolute atomic E-state index is 13.3. The first-order valence-electron chi connectivity index (χ1n) is 9.98. The minimum atomic E-state index is -1.09. The summed E-state index contributed by atoms with van der Waals surface area (Å²) in [5.74, 6) is -2.34. The van der Waals surface area contributed by atoms with Crippen LogP contribution in [0.4, 0.5) is 5.69 Å². The number of nitrogens with zero attached hydrogens (tertiary/aromatic N) is 2. The second-order valence-corrected chi connectivity index (χ2v) is 8.72. The van der Waals surface area contributed by atoms with Crippen LogP contribution in [0.25, 0.3) is 11.8 Å². The summed E-state index contributed by atoms with van der Waals surface area (Å²) in [6, 6.07) is 12.8. The molecule has 2 aromatic carbocycles. The molecule has 2 amide bonds. The number of aromatic carboxylic acids is 1. The number of hydrogen-bond donors (Lipinski definition) is 2. The lowest BCUT2D eigenvalue weighted by Crippen LogP contribution is -2.54. The number of carboxylic acids is 1. The summed E-state index contributed by atoms with van der Waals surface area (Å²) in [6.45, 7) is 3.72. The van der Waals surface area contributed by atoms with Crippen molar-refractivity contribution in [3.8, 4) is 5.69 Å². The lowest BCUT2D eigenvalue weighted by atomic mass is 10.1. The summed E-state index contributed by atoms with van der Waals surface area (Å²) in [6.07, 6.45) is 1.50. The van der Waals surface area contributed by atoms with Crippen molar-refractivity contribution in [1.29, 1.82) is 0 Å². The molecule has 1 aliphatic rings. The second kappa shape index (κ2) is 9.06. The molecule has 34 heavy (non-hydrogen) atoms. The molecule has 3 aromatic rings. The summed E-state index contributed by atoms with van der Waals surface area (Å²) in [5, 5.41) is 12.3. The van der Waals surface area contributed by atoms with Gasteiger partial charge >= 0.3 is 5.97 Å². The van der Waals surface area contributed by atoms with Gasteiger partial charge in [-0.05, 0) is 80.2 Å². The lowest BCUT2D eigenvalue weighted by Gasteiger charge is -2.29. The Morgan fingerprint density at radius 1 is 1.09 bits per heavy atom. The van der Waals surface area contributed by atoms with Gasteiger partial charge in [-0.25, -0.2) is 4.79 Å². The van der Waals surface area contributed by atoms with E-state index in [0.717, 1.165) is 16.3 Å². The van der Waals surface area contributed by atoms with Crippen LogP contribution in [-0.2, 0) is 9.59 Å². The SMILES string of the molecule is Cc1cc(/C=C2\C(=O)NC(=S)N(c3ccc(C(=O)O)cc3)C2=O)c(C)n1-c1cccc(Cl)c1Cl. The minimum absolute atomic E-state index is 0.0612. The quantitative estimate of drug-likeness (QED) is 0.293. The molecule has 10 heteroatoms. The van der Waals surface area contributed by atoms with Gasteiger partial charge in [-0.1, -0.05) is 29.3 Å². The van der Waals surface area contributed by atoms with Crippen molar-refractivity contribution >= 4 is 70.1 Å². The summed E-state index contributed by atoms with van der Waals surface area (Å²) in [7, 11) is 0. The van der Waals surface area contributed by atoms with Crippen molar-refractivity contribution < 1.29 is 19.5 Å². The van der Waals surface area contributed by atoms with E-state index in [1.807, 2.05) is 30.5 Å². The Balaban J connectivity index is 1.76. The Bertz CT molecular complexity index is 1410. The molecule has 0 bridgehead atoms. The second-order valence-electron chi connectivity index (χ2n) is 7.54. The molecule has 1 aromatic heterocycles. The van der Waals surface area contributed by atoms with Crippen molar-refractivity contribution in [2.75, 3.05) is 4.90 Å². The van der Waals surface area contributed by atoms with Gasteiger partial charge < -0.3 is 9.67 Å². The van der Waals surface area contributed by atoms with Crippen molar-refractivity contribution in [2.45, 2.75) is 13.8 Å². The first-order valence-corrected chi connectivity index (χ1v) is 11.1. The number of nitrogens with one attached hydrogen (secondary N) is 1. The molecule has 1 fully saturated rings. The van der Waals surface area contributed by atoms with Gasteiger partial charge in [0.2, 0.25) is 0 Å². The summed E-state index contributed by atoms with van der Waals surface area (Å²) in [5.41, 5.74) is 3.17. The highest BCUT2D eigenvalue weighted by molar-refractivity contribution is 7.80. The molecular weight excluding hydrogens is 497 g/mol. The Morgan fingerprint density at radius 2 is 1.76 bits per heavy atom. The highest BCUT2D eigenvalue weighted by atomic mass is 35.5. The molecule has 0 saturated carbocycles. The Hall–Kier alpha value is -3.46. The molecule has 4 rings (SSSR count). The zero-order chi connectivity index (χ0) is 24.7. The predicted molar refractivity (Wildman–Crippen MR) is 135 cm³/mol. The molecule has 172 valence electrons. The van der Waals surface area contributed by atoms with E-state index >= 15 is 0 Å². The van der Waals surface area contributed by atoms with Gasteiger partial charge in [-0.2, -0.15) is 0 Å². The summed E-state index contributed by atoms with van der Waals surface area (Å²) in [4.78, 5) is 38.2. The fourth-order valence-electron chi connectivity index (χ4n) is 3.77. The van der Waals surface area contributed by atoms with E-state index in [9.17, 15) is 14.4 Å². The van der Waals surface area contributed by atoms with Gasteiger partial charge in [0.15, 0.2) is 5.11 Å². The monoisotopic (exact) mass is 513 g/mol. The molecule has 1 saturated heterocycles. The predicted octanol–water partition coefficient (Wildman–Crippen LogP) is 4.93. The van der Waals surface area contributed by atoms with Gasteiger partial charge in [0.25, 0.3) is 11.8 Å². The van der Waals surface area contributed by atoms with E-state index in [2.05, 4.69) is 5.32 Å². The maximum Gasteiger partial charge on any atom is 0.335 e. The molecule has 0 spiro atoms. The summed E-state index contributed by atoms with van der Waals surface area (Å²) < 4.78 is 1.89. The fraction of sp³-hybridized carbons (Fsp3) is 0.0833. The zero-order valence-corrected chi connectivity index (χ0v) is 20.3. The Labute approximate surface area is 210 Å². The third kappa shape index (κ3) is 4.11. The Kier molecular flexibility index (Phi) is 6.31. The van der Waals surface area contributed by atoms with Crippen LogP contribution >= 0.6 is 35.4 Å². The fourth-order valence-corrected chi connectivity index (χ4v) is 4.43. The number of rotatable bonds is 4. The molecule has 7 nitrogen and oxygen atoms in total. The largest absolute Gasteiger partial charge is 0.478 e. The van der Waals surface area contributed by atoms with E-state index < -0.39 is 17.8 Å². The standard InChI is InChI=1S/C24H17Cl2N3O4S/c1-12-10-15(13(2)28(12)19-5-3-4-18(25)20(19)26)11-17-21(30)27-24(34)29(22(17)31)16-8-6-14(7-9-16)23(32)33/h3-11H,1-2H3,(H,32,33)(H,27,30,34)/b17-11+. The molecular formula is C24H17Cl2N3O4S. The topological polar surface area (TPSA) is 91.6 Å². The van der Waals surface area contributed by atoms with E-state index in [0.29, 0.717) is 27.0 Å². The van der Waals surface area contributed by atoms with Crippen LogP contribution in [-0.4, -0.2) is 32.6 Å². The van der Waals surface area contributed by atoms with Crippen molar-refractivity contribution in [3.05, 3.63) is 86.7 Å². The van der Waals surface area contributed by atoms with Crippen molar-refractivity contribution in [3.63, 3.8) is 0 Å². The van der Waals surface area contributed by atoms with Gasteiger partial charge in [0, 0.05) is 11.4 Å². The van der Waals surface area contributed by atoms with Crippen LogP contribution in [0.3, 0.4) is 0 Å². The van der Waals surface area contributed by atoms with Crippen molar-refractivity contribution in [2.24, 2.45) is 0 Å². The number of benzene rings is 2. The number of carboxylic acid groups (broad SMARTS) is 1. The highest BCUT2D eigenvalue weighted by Crippen LogP contribution is 2.32. The van der Waals surface area contributed by atoms with Crippen LogP contribution in [0.5, 0.6) is 0 Å². The lowest BCUT2D eigenvalue weighted by molar-refractivity contribution is -0.122. The van der Waals surface area contributed by atoms with E-state index in [4.69, 9.17) is 40.5 Å². The molecule has 0 atom stereocenters. The zero-order valence-electron chi connectivity index (χ0n) is 17.9. The number of amides is 2. The van der Waals surface area contributed by atoms with Gasteiger partial charge in [-0.3, -0.25) is 19.8 Å². The molecule has 0 unspecified atom stereocenters. The smallest absolute Gasteiger partial charge is 0.335 e.